The number of carbonyl (C=O) groups excluding carboxylic acids is 2. The third-order valence-corrected chi connectivity index (χ3v) is 2.21. The number of nitrogens with zero attached hydrogens (tertiary/aromatic N) is 1. The van der Waals surface area contributed by atoms with E-state index in [1.807, 2.05) is 0 Å². The highest BCUT2D eigenvalue weighted by molar-refractivity contribution is 5.84. The molecular weight excluding hydrogens is 198 g/mol. The molecule has 15 heavy (non-hydrogen) atoms. The molecule has 0 unspecified atom stereocenters. The molecule has 1 fully saturated rings. The third kappa shape index (κ3) is 3.11. The van der Waals surface area contributed by atoms with Gasteiger partial charge in [0.15, 0.2) is 0 Å². The van der Waals surface area contributed by atoms with Gasteiger partial charge in [-0.2, -0.15) is 0 Å². The van der Waals surface area contributed by atoms with Crippen molar-refractivity contribution in [3.05, 3.63) is 0 Å². The number of hydrogen-bond acceptors (Lipinski definition) is 3. The molecule has 0 spiro atoms. The van der Waals surface area contributed by atoms with E-state index in [9.17, 15) is 9.59 Å². The lowest BCUT2D eigenvalue weighted by Gasteiger charge is -2.27. The van der Waals surface area contributed by atoms with Crippen LogP contribution in [0.15, 0.2) is 0 Å². The fourth-order valence-corrected chi connectivity index (χ4v) is 1.60. The smallest absolute Gasteiger partial charge is 0.410 e. The van der Waals surface area contributed by atoms with Crippen molar-refractivity contribution >= 4 is 12.0 Å². The molecule has 5 heteroatoms. The molecule has 1 rings (SSSR count). The van der Waals surface area contributed by atoms with E-state index >= 15 is 0 Å². The van der Waals surface area contributed by atoms with E-state index in [4.69, 9.17) is 10.5 Å². The van der Waals surface area contributed by atoms with E-state index in [1.54, 1.807) is 20.8 Å². The highest BCUT2D eigenvalue weighted by Crippen LogP contribution is 2.20. The molecule has 1 heterocycles. The Morgan fingerprint density at radius 3 is 2.60 bits per heavy atom. The van der Waals surface area contributed by atoms with Crippen molar-refractivity contribution in [3.8, 4) is 0 Å². The summed E-state index contributed by atoms with van der Waals surface area (Å²) in [6, 6.07) is -0.500. The van der Waals surface area contributed by atoms with Gasteiger partial charge in [0.05, 0.1) is 0 Å². The Bertz CT molecular complexity index is 270. The summed E-state index contributed by atoms with van der Waals surface area (Å²) in [6.45, 7) is 5.92. The molecule has 5 nitrogen and oxygen atoms in total. The number of likely N-dealkylation sites (tertiary alicyclic amines) is 1. The quantitative estimate of drug-likeness (QED) is 0.661. The molecule has 0 aromatic heterocycles. The summed E-state index contributed by atoms with van der Waals surface area (Å²) < 4.78 is 5.18. The van der Waals surface area contributed by atoms with Crippen LogP contribution in [0, 0.1) is 0 Å². The first-order chi connectivity index (χ1) is 6.81. The molecule has 0 bridgehead atoms. The van der Waals surface area contributed by atoms with E-state index < -0.39 is 23.6 Å². The van der Waals surface area contributed by atoms with Crippen LogP contribution in [-0.2, 0) is 9.53 Å². The minimum atomic E-state index is -0.540. The van der Waals surface area contributed by atoms with Gasteiger partial charge in [0.25, 0.3) is 0 Å². The highest BCUT2D eigenvalue weighted by atomic mass is 18.1. The summed E-state index contributed by atoms with van der Waals surface area (Å²) in [7, 11) is 0. The monoisotopic (exact) mass is 216 g/mol. The molecule has 0 aromatic carbocycles. The SMILES string of the molecule is CC(C)(C)OC(=O)N1CCC[C@H]1C(N)=[18O]. The fourth-order valence-electron chi connectivity index (χ4n) is 1.60. The maximum atomic E-state index is 11.7. The molecule has 2 N–H and O–H groups in total. The number of amides is 2. The van der Waals surface area contributed by atoms with Crippen molar-refractivity contribution < 1.29 is 14.3 Å². The summed E-state index contributed by atoms with van der Waals surface area (Å²) in [4.78, 5) is 24.1. The van der Waals surface area contributed by atoms with Gasteiger partial charge in [0.1, 0.15) is 11.6 Å². The maximum absolute atomic E-state index is 11.7. The van der Waals surface area contributed by atoms with E-state index in [0.29, 0.717) is 13.0 Å². The first-order valence-electron chi connectivity index (χ1n) is 5.10. The summed E-state index contributed by atoms with van der Waals surface area (Å²) in [5, 5.41) is 0. The number of primary amides is 1. The van der Waals surface area contributed by atoms with Gasteiger partial charge in [-0.15, -0.1) is 0 Å². The minimum absolute atomic E-state index is 0.455. The number of rotatable bonds is 1. The normalized spacial score (nSPS) is 21.5. The second-order valence-electron chi connectivity index (χ2n) is 4.73. The van der Waals surface area contributed by atoms with E-state index in [2.05, 4.69) is 0 Å². The van der Waals surface area contributed by atoms with Crippen LogP contribution in [0.4, 0.5) is 4.79 Å². The first-order valence-corrected chi connectivity index (χ1v) is 5.10. The molecule has 0 saturated carbocycles. The molecular formula is C10H18N2O3. The van der Waals surface area contributed by atoms with E-state index in [1.165, 1.54) is 4.90 Å². The van der Waals surface area contributed by atoms with Crippen molar-refractivity contribution in [1.29, 1.82) is 0 Å². The van der Waals surface area contributed by atoms with Gasteiger partial charge in [-0.25, -0.2) is 4.79 Å². The van der Waals surface area contributed by atoms with Crippen molar-refractivity contribution in [2.45, 2.75) is 45.3 Å². The standard InChI is InChI=1S/C10H18N2O3/c1-10(2,3)15-9(14)12-6-4-5-7(12)8(11)13/h7H,4-6H2,1-3H3,(H2,11,13)/t7-/m0/s1/i13+2. The molecule has 1 aliphatic rings. The van der Waals surface area contributed by atoms with Crippen molar-refractivity contribution in [3.63, 3.8) is 0 Å². The lowest BCUT2D eigenvalue weighted by Crippen LogP contribution is -2.45. The van der Waals surface area contributed by atoms with Crippen LogP contribution >= 0.6 is 0 Å². The molecule has 2 amide bonds. The van der Waals surface area contributed by atoms with E-state index in [-0.39, 0.29) is 0 Å². The van der Waals surface area contributed by atoms with Crippen LogP contribution in [-0.4, -0.2) is 35.1 Å². The molecule has 1 saturated heterocycles. The zero-order valence-corrected chi connectivity index (χ0v) is 9.45. The number of ether oxygens (including phenoxy) is 1. The number of carbonyl (C=O) groups is 2. The molecule has 1 atom stereocenters. The van der Waals surface area contributed by atoms with Crippen LogP contribution in [0.2, 0.25) is 0 Å². The van der Waals surface area contributed by atoms with Gasteiger partial charge in [-0.05, 0) is 33.6 Å². The van der Waals surface area contributed by atoms with Crippen molar-refractivity contribution in [2.24, 2.45) is 5.73 Å². The van der Waals surface area contributed by atoms with E-state index in [0.717, 1.165) is 6.42 Å². The molecule has 0 aliphatic carbocycles. The largest absolute Gasteiger partial charge is 0.444 e. The highest BCUT2D eigenvalue weighted by Gasteiger charge is 2.35. The van der Waals surface area contributed by atoms with Crippen LogP contribution in [0.5, 0.6) is 0 Å². The van der Waals surface area contributed by atoms with Gasteiger partial charge in [-0.3, -0.25) is 9.69 Å². The fraction of sp³-hybridized carbons (Fsp3) is 0.800. The Labute approximate surface area is 89.6 Å². The van der Waals surface area contributed by atoms with Gasteiger partial charge >= 0.3 is 6.09 Å². The molecule has 0 radical (unpaired) electrons. The lowest BCUT2D eigenvalue weighted by molar-refractivity contribution is -0.122. The maximum Gasteiger partial charge on any atom is 0.410 e. The van der Waals surface area contributed by atoms with Gasteiger partial charge in [-0.1, -0.05) is 0 Å². The Kier molecular flexibility index (Phi) is 3.21. The molecule has 1 aliphatic heterocycles. The average Bonchev–Trinajstić information content (AvgIpc) is 2.47. The topological polar surface area (TPSA) is 72.6 Å². The summed E-state index contributed by atoms with van der Waals surface area (Å²) in [5.74, 6) is -0.460. The van der Waals surface area contributed by atoms with Crippen LogP contribution in [0.25, 0.3) is 0 Å². The first kappa shape index (κ1) is 11.8. The number of nitrogens with two attached hydrogens (primary N) is 1. The van der Waals surface area contributed by atoms with Crippen molar-refractivity contribution in [1.82, 2.24) is 4.90 Å². The summed E-state index contributed by atoms with van der Waals surface area (Å²) >= 11 is 0. The Hall–Kier alpha value is -1.26. The molecule has 0 aromatic rings. The lowest BCUT2D eigenvalue weighted by atomic mass is 10.2. The third-order valence-electron chi connectivity index (χ3n) is 2.21. The van der Waals surface area contributed by atoms with Gasteiger partial charge in [0, 0.05) is 6.54 Å². The Balaban J connectivity index is 2.63. The average molecular weight is 216 g/mol. The van der Waals surface area contributed by atoms with Crippen LogP contribution < -0.4 is 5.73 Å². The minimum Gasteiger partial charge on any atom is -0.444 e. The zero-order chi connectivity index (χ0) is 11.6. The summed E-state index contributed by atoms with van der Waals surface area (Å²) in [6.07, 6.45) is 0.977. The Morgan fingerprint density at radius 2 is 2.13 bits per heavy atom. The summed E-state index contributed by atoms with van der Waals surface area (Å²) in [5.41, 5.74) is 4.66. The van der Waals surface area contributed by atoms with Crippen molar-refractivity contribution in [2.75, 3.05) is 6.54 Å². The predicted octanol–water partition coefficient (Wildman–Crippen LogP) is 0.871. The second kappa shape index (κ2) is 4.08. The van der Waals surface area contributed by atoms with Gasteiger partial charge < -0.3 is 10.5 Å². The zero-order valence-electron chi connectivity index (χ0n) is 9.45. The number of hydrogen-bond donors (Lipinski definition) is 1. The second-order valence-corrected chi connectivity index (χ2v) is 4.73. The van der Waals surface area contributed by atoms with Crippen LogP contribution in [0.3, 0.4) is 0 Å². The predicted molar refractivity (Wildman–Crippen MR) is 55.2 cm³/mol. The Morgan fingerprint density at radius 1 is 1.53 bits per heavy atom. The van der Waals surface area contributed by atoms with Gasteiger partial charge in [0.2, 0.25) is 5.91 Å². The van der Waals surface area contributed by atoms with Crippen LogP contribution in [0.1, 0.15) is 33.6 Å². The molecule has 86 valence electrons.